The van der Waals surface area contributed by atoms with Crippen LogP contribution in [0.3, 0.4) is 0 Å². The van der Waals surface area contributed by atoms with Crippen molar-refractivity contribution in [2.45, 2.75) is 6.54 Å². The molecule has 0 aliphatic heterocycles. The molecule has 0 atom stereocenters. The summed E-state index contributed by atoms with van der Waals surface area (Å²) in [6.07, 6.45) is 0.152. The molecular weight excluding hydrogens is 266 g/mol. The quantitative estimate of drug-likeness (QED) is 0.717. The Hall–Kier alpha value is -2.82. The number of ether oxygens (including phenoxy) is 1. The third-order valence-corrected chi connectivity index (χ3v) is 3.05. The summed E-state index contributed by atoms with van der Waals surface area (Å²) >= 11 is 0. The molecule has 0 radical (unpaired) electrons. The summed E-state index contributed by atoms with van der Waals surface area (Å²) in [5.74, 6) is 0. The van der Waals surface area contributed by atoms with Crippen molar-refractivity contribution in [1.29, 1.82) is 0 Å². The van der Waals surface area contributed by atoms with Crippen LogP contribution in [0.15, 0.2) is 65.1 Å². The number of anilines is 2. The Kier molecular flexibility index (Phi) is 3.82. The minimum atomic E-state index is 0.152. The molecule has 0 bridgehead atoms. The van der Waals surface area contributed by atoms with Crippen LogP contribution in [-0.4, -0.2) is 17.3 Å². The minimum absolute atomic E-state index is 0.152. The summed E-state index contributed by atoms with van der Waals surface area (Å²) in [7, 11) is 1.50. The lowest BCUT2D eigenvalue weighted by molar-refractivity contribution is 0.292. The van der Waals surface area contributed by atoms with Gasteiger partial charge in [-0.1, -0.05) is 58.7 Å². The van der Waals surface area contributed by atoms with Crippen molar-refractivity contribution >= 4 is 11.7 Å². The van der Waals surface area contributed by atoms with E-state index in [9.17, 15) is 0 Å². The third kappa shape index (κ3) is 3.02. The highest BCUT2D eigenvalue weighted by atomic mass is 16.6. The van der Waals surface area contributed by atoms with Gasteiger partial charge in [-0.15, -0.1) is 0 Å². The van der Waals surface area contributed by atoms with Crippen LogP contribution in [0.4, 0.5) is 11.7 Å². The lowest BCUT2D eigenvalue weighted by atomic mass is 10.2. The number of para-hydroxylation sites is 1. The Morgan fingerprint density at radius 3 is 2.24 bits per heavy atom. The van der Waals surface area contributed by atoms with Gasteiger partial charge < -0.3 is 9.15 Å². The Balaban J connectivity index is 1.95. The summed E-state index contributed by atoms with van der Waals surface area (Å²) < 4.78 is 10.5. The van der Waals surface area contributed by atoms with Gasteiger partial charge in [0.2, 0.25) is 0 Å². The smallest absolute Gasteiger partial charge is 0.415 e. The van der Waals surface area contributed by atoms with Crippen molar-refractivity contribution in [3.05, 3.63) is 66.2 Å². The van der Waals surface area contributed by atoms with Gasteiger partial charge in [0.15, 0.2) is 0 Å². The molecule has 0 unspecified atom stereocenters. The van der Waals surface area contributed by atoms with Gasteiger partial charge in [0.1, 0.15) is 0 Å². The average Bonchev–Trinajstić information content (AvgIpc) is 3.03. The standard InChI is InChI=1S/C16H15N3O2/c1-20-16-18-17-15(21-16)19(14-10-6-3-7-11-14)12-13-8-4-2-5-9-13/h2-11H,12H2,1H3. The topological polar surface area (TPSA) is 51.4 Å². The van der Waals surface area contributed by atoms with E-state index in [4.69, 9.17) is 9.15 Å². The van der Waals surface area contributed by atoms with Crippen molar-refractivity contribution in [3.63, 3.8) is 0 Å². The number of hydrogen-bond donors (Lipinski definition) is 0. The molecule has 2 aromatic carbocycles. The minimum Gasteiger partial charge on any atom is -0.452 e. The summed E-state index contributed by atoms with van der Waals surface area (Å²) in [6.45, 7) is 0.635. The van der Waals surface area contributed by atoms with Crippen LogP contribution < -0.4 is 9.64 Å². The molecule has 0 saturated carbocycles. The fourth-order valence-corrected chi connectivity index (χ4v) is 2.04. The maximum Gasteiger partial charge on any atom is 0.415 e. The molecule has 106 valence electrons. The van der Waals surface area contributed by atoms with E-state index in [1.165, 1.54) is 7.11 Å². The van der Waals surface area contributed by atoms with Crippen molar-refractivity contribution in [1.82, 2.24) is 10.2 Å². The maximum absolute atomic E-state index is 5.50. The number of aromatic nitrogens is 2. The van der Waals surface area contributed by atoms with E-state index in [0.29, 0.717) is 12.6 Å². The van der Waals surface area contributed by atoms with Crippen molar-refractivity contribution in [3.8, 4) is 6.08 Å². The molecule has 3 aromatic rings. The Bertz CT molecular complexity index is 683. The first-order valence-electron chi connectivity index (χ1n) is 6.61. The van der Waals surface area contributed by atoms with Crippen LogP contribution in [0.5, 0.6) is 6.08 Å². The number of benzene rings is 2. The first-order chi connectivity index (χ1) is 10.4. The molecule has 5 nitrogen and oxygen atoms in total. The van der Waals surface area contributed by atoms with E-state index < -0.39 is 0 Å². The molecule has 0 saturated heterocycles. The van der Waals surface area contributed by atoms with Gasteiger partial charge in [0.05, 0.1) is 13.7 Å². The maximum atomic E-state index is 5.50. The number of nitrogens with zero attached hydrogens (tertiary/aromatic N) is 3. The lowest BCUT2D eigenvalue weighted by Gasteiger charge is -2.20. The molecule has 1 heterocycles. The van der Waals surface area contributed by atoms with Gasteiger partial charge in [0, 0.05) is 5.69 Å². The third-order valence-electron chi connectivity index (χ3n) is 3.05. The molecule has 0 amide bonds. The molecule has 3 rings (SSSR count). The van der Waals surface area contributed by atoms with Crippen LogP contribution in [0.2, 0.25) is 0 Å². The Morgan fingerprint density at radius 1 is 0.952 bits per heavy atom. The molecule has 5 heteroatoms. The molecule has 0 fully saturated rings. The lowest BCUT2D eigenvalue weighted by Crippen LogP contribution is -2.16. The second-order valence-corrected chi connectivity index (χ2v) is 4.46. The molecular formula is C16H15N3O2. The van der Waals surface area contributed by atoms with E-state index in [-0.39, 0.29) is 6.08 Å². The van der Waals surface area contributed by atoms with E-state index in [2.05, 4.69) is 22.3 Å². The molecule has 0 spiro atoms. The van der Waals surface area contributed by atoms with E-state index in [1.807, 2.05) is 53.4 Å². The largest absolute Gasteiger partial charge is 0.452 e. The predicted octanol–water partition coefficient (Wildman–Crippen LogP) is 3.42. The van der Waals surface area contributed by atoms with Gasteiger partial charge >= 0.3 is 12.1 Å². The molecule has 0 aliphatic carbocycles. The van der Waals surface area contributed by atoms with Crippen LogP contribution in [0.25, 0.3) is 0 Å². The monoisotopic (exact) mass is 281 g/mol. The summed E-state index contributed by atoms with van der Waals surface area (Å²) in [4.78, 5) is 1.95. The number of methoxy groups -OCH3 is 1. The fraction of sp³-hybridized carbons (Fsp3) is 0.125. The van der Waals surface area contributed by atoms with Gasteiger partial charge in [-0.05, 0) is 17.7 Å². The van der Waals surface area contributed by atoms with Gasteiger partial charge in [-0.25, -0.2) is 0 Å². The highest BCUT2D eigenvalue weighted by Gasteiger charge is 2.17. The van der Waals surface area contributed by atoms with Crippen LogP contribution in [0, 0.1) is 0 Å². The first kappa shape index (κ1) is 13.2. The highest BCUT2D eigenvalue weighted by Crippen LogP contribution is 2.27. The fourth-order valence-electron chi connectivity index (χ4n) is 2.04. The molecule has 0 N–H and O–H groups in total. The molecule has 0 aliphatic rings. The zero-order valence-corrected chi connectivity index (χ0v) is 11.6. The van der Waals surface area contributed by atoms with Crippen molar-refractivity contribution in [2.75, 3.05) is 12.0 Å². The van der Waals surface area contributed by atoms with E-state index in [0.717, 1.165) is 11.3 Å². The van der Waals surface area contributed by atoms with Crippen LogP contribution in [-0.2, 0) is 6.54 Å². The Morgan fingerprint density at radius 2 is 1.62 bits per heavy atom. The predicted molar refractivity (Wildman–Crippen MR) is 79.6 cm³/mol. The number of hydrogen-bond acceptors (Lipinski definition) is 5. The zero-order valence-electron chi connectivity index (χ0n) is 11.6. The van der Waals surface area contributed by atoms with E-state index >= 15 is 0 Å². The second-order valence-electron chi connectivity index (χ2n) is 4.46. The SMILES string of the molecule is COc1nnc(N(Cc2ccccc2)c2ccccc2)o1. The summed E-state index contributed by atoms with van der Waals surface area (Å²) in [5.41, 5.74) is 2.13. The van der Waals surface area contributed by atoms with Gasteiger partial charge in [-0.3, -0.25) is 4.90 Å². The zero-order chi connectivity index (χ0) is 14.5. The average molecular weight is 281 g/mol. The summed E-state index contributed by atoms with van der Waals surface area (Å²) in [6, 6.07) is 20.4. The van der Waals surface area contributed by atoms with Gasteiger partial charge in [0.25, 0.3) is 0 Å². The van der Waals surface area contributed by atoms with Crippen molar-refractivity contribution in [2.24, 2.45) is 0 Å². The molecule has 21 heavy (non-hydrogen) atoms. The number of rotatable bonds is 5. The van der Waals surface area contributed by atoms with Crippen molar-refractivity contribution < 1.29 is 9.15 Å². The van der Waals surface area contributed by atoms with E-state index in [1.54, 1.807) is 0 Å². The van der Waals surface area contributed by atoms with Gasteiger partial charge in [-0.2, -0.15) is 0 Å². The highest BCUT2D eigenvalue weighted by molar-refractivity contribution is 5.56. The summed E-state index contributed by atoms with van der Waals surface area (Å²) in [5, 5.41) is 7.89. The molecule has 1 aromatic heterocycles. The Labute approximate surface area is 122 Å². The van der Waals surface area contributed by atoms with Crippen LogP contribution in [0.1, 0.15) is 5.56 Å². The second kappa shape index (κ2) is 6.09. The first-order valence-corrected chi connectivity index (χ1v) is 6.61. The normalized spacial score (nSPS) is 10.3. The van der Waals surface area contributed by atoms with Crippen LogP contribution >= 0.6 is 0 Å².